The molecule has 0 aliphatic carbocycles. The molecule has 3 rings (SSSR count). The van der Waals surface area contributed by atoms with Crippen molar-refractivity contribution in [3.63, 3.8) is 0 Å². The minimum Gasteiger partial charge on any atom is -0.405 e. The fourth-order valence-corrected chi connectivity index (χ4v) is 2.50. The van der Waals surface area contributed by atoms with Gasteiger partial charge in [0.05, 0.1) is 0 Å². The zero-order chi connectivity index (χ0) is 13.8. The second kappa shape index (κ2) is 5.98. The topological polar surface area (TPSA) is 77.2 Å². The highest BCUT2D eigenvalue weighted by Gasteiger charge is 2.23. The van der Waals surface area contributed by atoms with Crippen molar-refractivity contribution in [1.29, 1.82) is 0 Å². The molecule has 0 spiro atoms. The van der Waals surface area contributed by atoms with Crippen LogP contribution in [0.25, 0.3) is 6.08 Å². The first-order valence-electron chi connectivity index (χ1n) is 6.29. The van der Waals surface area contributed by atoms with Gasteiger partial charge in [0.2, 0.25) is 5.89 Å². The molecule has 1 fully saturated rings. The number of aromatic nitrogens is 2. The first kappa shape index (κ1) is 13.0. The van der Waals surface area contributed by atoms with Crippen LogP contribution < -0.4 is 5.32 Å². The Morgan fingerprint density at radius 1 is 1.50 bits per heavy atom. The highest BCUT2D eigenvalue weighted by molar-refractivity contribution is 7.10. The van der Waals surface area contributed by atoms with Gasteiger partial charge >= 0.3 is 6.01 Å². The summed E-state index contributed by atoms with van der Waals surface area (Å²) in [6, 6.07) is 3.95. The van der Waals surface area contributed by atoms with Gasteiger partial charge in [0, 0.05) is 17.6 Å². The fraction of sp³-hybridized carbons (Fsp3) is 0.308. The molecule has 1 unspecified atom stereocenters. The number of nitrogens with zero attached hydrogens (tertiary/aromatic N) is 2. The first-order chi connectivity index (χ1) is 9.81. The maximum Gasteiger partial charge on any atom is 0.322 e. The third-order valence-corrected chi connectivity index (χ3v) is 3.66. The van der Waals surface area contributed by atoms with E-state index in [0.29, 0.717) is 12.5 Å². The standard InChI is InChI=1S/C13H13N3O3S/c17-11(6-5-9-3-2-8-20-9)14-13-16-15-12(19-13)10-4-1-7-18-10/h2-3,5-6,8,10H,1,4,7H2,(H,14,16,17)/b6-5+. The predicted molar refractivity (Wildman–Crippen MR) is 74.2 cm³/mol. The summed E-state index contributed by atoms with van der Waals surface area (Å²) in [6.45, 7) is 0.707. The van der Waals surface area contributed by atoms with E-state index in [0.717, 1.165) is 17.7 Å². The van der Waals surface area contributed by atoms with Gasteiger partial charge in [-0.2, -0.15) is 0 Å². The van der Waals surface area contributed by atoms with E-state index >= 15 is 0 Å². The molecular formula is C13H13N3O3S. The fourth-order valence-electron chi connectivity index (χ4n) is 1.88. The van der Waals surface area contributed by atoms with Gasteiger partial charge in [-0.05, 0) is 30.4 Å². The Hall–Kier alpha value is -1.99. The normalized spacial score (nSPS) is 18.7. The minimum absolute atomic E-state index is 0.0938. The zero-order valence-electron chi connectivity index (χ0n) is 10.6. The van der Waals surface area contributed by atoms with Gasteiger partial charge in [-0.1, -0.05) is 11.2 Å². The SMILES string of the molecule is O=C(/C=C/c1cccs1)Nc1nnc(C2CCCO2)o1. The van der Waals surface area contributed by atoms with Crippen molar-refractivity contribution >= 4 is 29.3 Å². The highest BCUT2D eigenvalue weighted by atomic mass is 32.1. The van der Waals surface area contributed by atoms with Gasteiger partial charge in [0.1, 0.15) is 6.10 Å². The summed E-state index contributed by atoms with van der Waals surface area (Å²) in [5, 5.41) is 12.1. The minimum atomic E-state index is -0.305. The molecule has 1 amide bonds. The van der Waals surface area contributed by atoms with Crippen molar-refractivity contribution in [3.8, 4) is 0 Å². The third kappa shape index (κ3) is 3.12. The van der Waals surface area contributed by atoms with Crippen LogP contribution >= 0.6 is 11.3 Å². The molecular weight excluding hydrogens is 278 g/mol. The molecule has 1 aliphatic heterocycles. The lowest BCUT2D eigenvalue weighted by Gasteiger charge is -2.01. The largest absolute Gasteiger partial charge is 0.405 e. The van der Waals surface area contributed by atoms with Gasteiger partial charge in [0.25, 0.3) is 5.91 Å². The van der Waals surface area contributed by atoms with E-state index < -0.39 is 0 Å². The molecule has 2 aromatic rings. The lowest BCUT2D eigenvalue weighted by Crippen LogP contribution is -2.07. The molecule has 0 saturated carbocycles. The number of rotatable bonds is 4. The van der Waals surface area contributed by atoms with E-state index in [1.807, 2.05) is 17.5 Å². The predicted octanol–water partition coefficient (Wildman–Crippen LogP) is 2.63. The van der Waals surface area contributed by atoms with Crippen LogP contribution in [0.1, 0.15) is 29.7 Å². The third-order valence-electron chi connectivity index (χ3n) is 2.82. The van der Waals surface area contributed by atoms with Crippen molar-refractivity contribution in [2.75, 3.05) is 11.9 Å². The highest BCUT2D eigenvalue weighted by Crippen LogP contribution is 2.28. The van der Waals surface area contributed by atoms with Crippen molar-refractivity contribution in [2.45, 2.75) is 18.9 Å². The molecule has 20 heavy (non-hydrogen) atoms. The van der Waals surface area contributed by atoms with Crippen LogP contribution in [0.2, 0.25) is 0 Å². The molecule has 0 aromatic carbocycles. The lowest BCUT2D eigenvalue weighted by molar-refractivity contribution is -0.112. The number of thiophene rings is 1. The van der Waals surface area contributed by atoms with Crippen LogP contribution in [0.4, 0.5) is 6.01 Å². The maximum atomic E-state index is 11.7. The molecule has 1 atom stereocenters. The smallest absolute Gasteiger partial charge is 0.322 e. The Morgan fingerprint density at radius 3 is 3.20 bits per heavy atom. The molecule has 1 aliphatic rings. The maximum absolute atomic E-state index is 11.7. The summed E-state index contributed by atoms with van der Waals surface area (Å²) >= 11 is 1.56. The van der Waals surface area contributed by atoms with E-state index in [1.165, 1.54) is 6.08 Å². The Bertz CT molecular complexity index is 600. The number of hydrogen-bond acceptors (Lipinski definition) is 6. The second-order valence-corrected chi connectivity index (χ2v) is 5.26. The summed E-state index contributed by atoms with van der Waals surface area (Å²) in [7, 11) is 0. The van der Waals surface area contributed by atoms with E-state index in [1.54, 1.807) is 17.4 Å². The van der Waals surface area contributed by atoms with Crippen LogP contribution in [0.5, 0.6) is 0 Å². The number of carbonyl (C=O) groups excluding carboxylic acids is 1. The summed E-state index contributed by atoms with van der Waals surface area (Å²) in [5.74, 6) is 0.112. The van der Waals surface area contributed by atoms with Crippen LogP contribution in [-0.4, -0.2) is 22.7 Å². The van der Waals surface area contributed by atoms with E-state index in [9.17, 15) is 4.79 Å². The van der Waals surface area contributed by atoms with E-state index in [2.05, 4.69) is 15.5 Å². The van der Waals surface area contributed by atoms with Crippen LogP contribution in [-0.2, 0) is 9.53 Å². The number of carbonyl (C=O) groups is 1. The molecule has 7 heteroatoms. The van der Waals surface area contributed by atoms with Gasteiger partial charge in [-0.25, -0.2) is 0 Å². The average Bonchev–Trinajstić information content (AvgIpc) is 3.18. The monoisotopic (exact) mass is 291 g/mol. The van der Waals surface area contributed by atoms with Crippen LogP contribution in [0.3, 0.4) is 0 Å². The zero-order valence-corrected chi connectivity index (χ0v) is 11.4. The average molecular weight is 291 g/mol. The quantitative estimate of drug-likeness (QED) is 0.876. The molecule has 1 saturated heterocycles. The summed E-state index contributed by atoms with van der Waals surface area (Å²) in [4.78, 5) is 12.7. The van der Waals surface area contributed by atoms with Crippen molar-refractivity contribution in [3.05, 3.63) is 34.4 Å². The van der Waals surface area contributed by atoms with Gasteiger partial charge in [0.15, 0.2) is 0 Å². The second-order valence-electron chi connectivity index (χ2n) is 4.29. The Morgan fingerprint density at radius 2 is 2.45 bits per heavy atom. The Kier molecular flexibility index (Phi) is 3.89. The van der Waals surface area contributed by atoms with Crippen molar-refractivity contribution in [2.24, 2.45) is 0 Å². The van der Waals surface area contributed by atoms with Gasteiger partial charge in [-0.3, -0.25) is 10.1 Å². The van der Waals surface area contributed by atoms with Gasteiger partial charge < -0.3 is 9.15 Å². The van der Waals surface area contributed by atoms with E-state index in [4.69, 9.17) is 9.15 Å². The number of nitrogens with one attached hydrogen (secondary N) is 1. The van der Waals surface area contributed by atoms with Crippen molar-refractivity contribution < 1.29 is 13.9 Å². The van der Waals surface area contributed by atoms with Crippen LogP contribution in [0, 0.1) is 0 Å². The molecule has 2 aromatic heterocycles. The summed E-state index contributed by atoms with van der Waals surface area (Å²) in [6.07, 6.45) is 4.88. The summed E-state index contributed by atoms with van der Waals surface area (Å²) < 4.78 is 10.8. The molecule has 104 valence electrons. The molecule has 0 radical (unpaired) electrons. The summed E-state index contributed by atoms with van der Waals surface area (Å²) in [5.41, 5.74) is 0. The Balaban J connectivity index is 1.58. The number of anilines is 1. The number of amides is 1. The van der Waals surface area contributed by atoms with Crippen molar-refractivity contribution in [1.82, 2.24) is 10.2 Å². The van der Waals surface area contributed by atoms with Gasteiger partial charge in [-0.15, -0.1) is 16.4 Å². The number of hydrogen-bond donors (Lipinski definition) is 1. The number of ether oxygens (including phenoxy) is 1. The first-order valence-corrected chi connectivity index (χ1v) is 7.17. The lowest BCUT2D eigenvalue weighted by atomic mass is 10.2. The Labute approximate surface area is 119 Å². The van der Waals surface area contributed by atoms with E-state index in [-0.39, 0.29) is 18.0 Å². The molecule has 3 heterocycles. The molecule has 1 N–H and O–H groups in total. The van der Waals surface area contributed by atoms with Crippen LogP contribution in [0.15, 0.2) is 28.0 Å². The molecule has 0 bridgehead atoms. The molecule has 6 nitrogen and oxygen atoms in total.